The van der Waals surface area contributed by atoms with Crippen LogP contribution in [-0.2, 0) is 24.2 Å². The van der Waals surface area contributed by atoms with Crippen LogP contribution in [0.25, 0.3) is 0 Å². The lowest BCUT2D eigenvalue weighted by Crippen LogP contribution is -2.37. The lowest BCUT2D eigenvalue weighted by atomic mass is 9.94. The molecule has 0 spiro atoms. The molecule has 2 amide bonds. The minimum Gasteiger partial charge on any atom is -0.465 e. The van der Waals surface area contributed by atoms with Crippen molar-refractivity contribution in [1.82, 2.24) is 15.2 Å². The number of amides is 2. The predicted molar refractivity (Wildman–Crippen MR) is 123 cm³/mol. The highest BCUT2D eigenvalue weighted by atomic mass is 19.1. The number of rotatable bonds is 5. The van der Waals surface area contributed by atoms with Gasteiger partial charge in [0.25, 0.3) is 11.8 Å². The molecule has 174 valence electrons. The number of esters is 1. The Kier molecular flexibility index (Phi) is 6.67. The summed E-state index contributed by atoms with van der Waals surface area (Å²) in [7, 11) is 1.28. The summed E-state index contributed by atoms with van der Waals surface area (Å²) in [5, 5.41) is 2.78. The van der Waals surface area contributed by atoms with Crippen molar-refractivity contribution in [2.45, 2.75) is 26.4 Å². The second-order valence-electron chi connectivity index (χ2n) is 8.00. The fourth-order valence-corrected chi connectivity index (χ4v) is 4.17. The Hall–Kier alpha value is -4.07. The number of carbonyl (C=O) groups excluding carboxylic acids is 3. The van der Waals surface area contributed by atoms with E-state index in [2.05, 4.69) is 10.3 Å². The van der Waals surface area contributed by atoms with Crippen molar-refractivity contribution >= 4 is 17.8 Å². The minimum absolute atomic E-state index is 0.0149. The van der Waals surface area contributed by atoms with Crippen molar-refractivity contribution in [3.63, 3.8) is 0 Å². The third kappa shape index (κ3) is 4.52. The molecule has 7 nitrogen and oxygen atoms in total. The lowest BCUT2D eigenvalue weighted by molar-refractivity contribution is 0.0588. The number of methoxy groups -OCH3 is 1. The molecule has 8 heteroatoms. The number of benzene rings is 2. The molecule has 0 fully saturated rings. The Morgan fingerprint density at radius 2 is 1.74 bits per heavy atom. The number of nitrogens with zero attached hydrogens (tertiary/aromatic N) is 2. The number of carbonyl (C=O) groups is 3. The van der Waals surface area contributed by atoms with Gasteiger partial charge in [-0.2, -0.15) is 0 Å². The van der Waals surface area contributed by atoms with Gasteiger partial charge in [0.05, 0.1) is 23.8 Å². The molecular weight excluding hydrogens is 437 g/mol. The van der Waals surface area contributed by atoms with Gasteiger partial charge in [0.15, 0.2) is 0 Å². The van der Waals surface area contributed by atoms with Gasteiger partial charge in [0.2, 0.25) is 0 Å². The lowest BCUT2D eigenvalue weighted by Gasteiger charge is -2.31. The summed E-state index contributed by atoms with van der Waals surface area (Å²) >= 11 is 0. The van der Waals surface area contributed by atoms with E-state index >= 15 is 0 Å². The maximum absolute atomic E-state index is 13.9. The zero-order chi connectivity index (χ0) is 24.2. The van der Waals surface area contributed by atoms with Crippen molar-refractivity contribution in [2.75, 3.05) is 13.7 Å². The Morgan fingerprint density at radius 3 is 2.44 bits per heavy atom. The molecule has 0 saturated heterocycles. The fraction of sp³-hybridized carbons (Fsp3) is 0.231. The number of nitrogens with one attached hydrogen (secondary N) is 1. The SMILES string of the molecule is COC(=O)c1ccccc1C(=O)N1CCc2c(cnc(C)c2CNC(=O)c2ccccc2F)C1. The molecule has 0 radical (unpaired) electrons. The van der Waals surface area contributed by atoms with Gasteiger partial charge in [-0.15, -0.1) is 0 Å². The van der Waals surface area contributed by atoms with E-state index in [1.54, 1.807) is 41.4 Å². The molecule has 1 aliphatic rings. The molecule has 1 aromatic heterocycles. The quantitative estimate of drug-likeness (QED) is 0.588. The van der Waals surface area contributed by atoms with E-state index in [1.807, 2.05) is 6.92 Å². The average molecular weight is 461 g/mol. The predicted octanol–water partition coefficient (Wildman–Crippen LogP) is 3.44. The number of hydrogen-bond donors (Lipinski definition) is 1. The minimum atomic E-state index is -0.577. The van der Waals surface area contributed by atoms with E-state index in [0.717, 1.165) is 22.4 Å². The smallest absolute Gasteiger partial charge is 0.338 e. The van der Waals surface area contributed by atoms with Crippen LogP contribution in [0.3, 0.4) is 0 Å². The largest absolute Gasteiger partial charge is 0.465 e. The molecule has 1 aliphatic heterocycles. The molecule has 3 aromatic rings. The molecule has 0 unspecified atom stereocenters. The molecule has 0 saturated carbocycles. The van der Waals surface area contributed by atoms with Gasteiger partial charge in [-0.25, -0.2) is 9.18 Å². The van der Waals surface area contributed by atoms with Crippen molar-refractivity contribution in [2.24, 2.45) is 0 Å². The molecular formula is C26H24FN3O4. The third-order valence-corrected chi connectivity index (χ3v) is 5.99. The third-order valence-electron chi connectivity index (χ3n) is 5.99. The number of pyridine rings is 1. The highest BCUT2D eigenvalue weighted by Gasteiger charge is 2.27. The summed E-state index contributed by atoms with van der Waals surface area (Å²) in [6.07, 6.45) is 2.30. The Morgan fingerprint density at radius 1 is 1.06 bits per heavy atom. The summed E-state index contributed by atoms with van der Waals surface area (Å²) in [4.78, 5) is 43.9. The van der Waals surface area contributed by atoms with Gasteiger partial charge < -0.3 is 15.0 Å². The normalized spacial score (nSPS) is 12.6. The van der Waals surface area contributed by atoms with Gasteiger partial charge in [-0.05, 0) is 54.3 Å². The summed E-state index contributed by atoms with van der Waals surface area (Å²) in [6, 6.07) is 12.4. The summed E-state index contributed by atoms with van der Waals surface area (Å²) in [6.45, 7) is 2.83. The number of hydrogen-bond acceptors (Lipinski definition) is 5. The standard InChI is InChI=1S/C26H24FN3O4/c1-16-22(14-29-24(31)21-9-5-6-10-23(21)27)18-11-12-30(15-17(18)13-28-16)25(32)19-7-3-4-8-20(19)26(33)34-2/h3-10,13H,11-12,14-15H2,1-2H3,(H,29,31). The van der Waals surface area contributed by atoms with E-state index in [4.69, 9.17) is 4.74 Å². The average Bonchev–Trinajstić information content (AvgIpc) is 2.87. The monoisotopic (exact) mass is 461 g/mol. The summed E-state index contributed by atoms with van der Waals surface area (Å²) < 4.78 is 18.7. The van der Waals surface area contributed by atoms with Crippen LogP contribution in [0.4, 0.5) is 4.39 Å². The first-order chi connectivity index (χ1) is 16.4. The topological polar surface area (TPSA) is 88.6 Å². The van der Waals surface area contributed by atoms with Crippen LogP contribution >= 0.6 is 0 Å². The first kappa shape index (κ1) is 23.1. The van der Waals surface area contributed by atoms with Crippen molar-refractivity contribution in [3.8, 4) is 0 Å². The Labute approximate surface area is 196 Å². The van der Waals surface area contributed by atoms with Crippen LogP contribution in [0.15, 0.2) is 54.7 Å². The second kappa shape index (κ2) is 9.82. The Balaban J connectivity index is 1.53. The molecule has 2 aromatic carbocycles. The van der Waals surface area contributed by atoms with Crippen molar-refractivity contribution < 1.29 is 23.5 Å². The number of halogens is 1. The Bertz CT molecular complexity index is 1270. The second-order valence-corrected chi connectivity index (χ2v) is 8.00. The molecule has 4 rings (SSSR count). The highest BCUT2D eigenvalue weighted by Crippen LogP contribution is 2.26. The number of aryl methyl sites for hydroxylation is 1. The zero-order valence-corrected chi connectivity index (χ0v) is 18.9. The van der Waals surface area contributed by atoms with Gasteiger partial charge in [0.1, 0.15) is 5.82 Å². The van der Waals surface area contributed by atoms with E-state index in [-0.39, 0.29) is 29.1 Å². The van der Waals surface area contributed by atoms with Gasteiger partial charge in [-0.1, -0.05) is 24.3 Å². The van der Waals surface area contributed by atoms with E-state index in [9.17, 15) is 18.8 Å². The maximum Gasteiger partial charge on any atom is 0.338 e. The van der Waals surface area contributed by atoms with Crippen molar-refractivity contribution in [3.05, 3.63) is 99.6 Å². The van der Waals surface area contributed by atoms with Gasteiger partial charge in [-0.3, -0.25) is 14.6 Å². The van der Waals surface area contributed by atoms with E-state index in [0.29, 0.717) is 19.5 Å². The molecule has 0 bridgehead atoms. The van der Waals surface area contributed by atoms with Crippen LogP contribution in [0, 0.1) is 12.7 Å². The van der Waals surface area contributed by atoms with Gasteiger partial charge in [0, 0.05) is 31.5 Å². The van der Waals surface area contributed by atoms with Crippen LogP contribution < -0.4 is 5.32 Å². The molecule has 1 N–H and O–H groups in total. The number of fused-ring (bicyclic) bond motifs is 1. The van der Waals surface area contributed by atoms with Crippen LogP contribution in [0.1, 0.15) is 53.5 Å². The van der Waals surface area contributed by atoms with Crippen LogP contribution in [0.2, 0.25) is 0 Å². The van der Waals surface area contributed by atoms with Gasteiger partial charge >= 0.3 is 5.97 Å². The zero-order valence-electron chi connectivity index (χ0n) is 18.9. The highest BCUT2D eigenvalue weighted by molar-refractivity contribution is 6.05. The van der Waals surface area contributed by atoms with E-state index in [1.165, 1.54) is 25.3 Å². The molecule has 2 heterocycles. The first-order valence-corrected chi connectivity index (χ1v) is 10.9. The maximum atomic E-state index is 13.9. The van der Waals surface area contributed by atoms with Crippen LogP contribution in [0.5, 0.6) is 0 Å². The van der Waals surface area contributed by atoms with Crippen LogP contribution in [-0.4, -0.2) is 41.3 Å². The first-order valence-electron chi connectivity index (χ1n) is 10.9. The van der Waals surface area contributed by atoms with E-state index < -0.39 is 17.7 Å². The number of aromatic nitrogens is 1. The fourth-order valence-electron chi connectivity index (χ4n) is 4.17. The molecule has 0 atom stereocenters. The molecule has 34 heavy (non-hydrogen) atoms. The van der Waals surface area contributed by atoms with Crippen molar-refractivity contribution in [1.29, 1.82) is 0 Å². The molecule has 0 aliphatic carbocycles. The summed E-state index contributed by atoms with van der Waals surface area (Å²) in [5.74, 6) is -1.90. The number of ether oxygens (including phenoxy) is 1. The summed E-state index contributed by atoms with van der Waals surface area (Å²) in [5.41, 5.74) is 4.02.